The van der Waals surface area contributed by atoms with Crippen molar-refractivity contribution >= 4 is 15.9 Å². The number of primary sulfonamides is 1. The van der Waals surface area contributed by atoms with Crippen molar-refractivity contribution in [3.8, 4) is 0 Å². The Morgan fingerprint density at radius 2 is 2.08 bits per heavy atom. The minimum absolute atomic E-state index is 0.0910. The van der Waals surface area contributed by atoms with Crippen LogP contribution in [0.25, 0.3) is 0 Å². The number of aryl methyl sites for hydroxylation is 1. The van der Waals surface area contributed by atoms with E-state index in [0.717, 1.165) is 18.2 Å². The average Bonchev–Trinajstić information content (AvgIpc) is 2.45. The summed E-state index contributed by atoms with van der Waals surface area (Å²) >= 11 is 0. The van der Waals surface area contributed by atoms with Gasteiger partial charge in [0.15, 0.2) is 0 Å². The van der Waals surface area contributed by atoms with E-state index < -0.39 is 27.3 Å². The van der Waals surface area contributed by atoms with Gasteiger partial charge in [-0.2, -0.15) is 0 Å². The third-order valence-corrected chi connectivity index (χ3v) is 4.00. The Morgan fingerprint density at radius 1 is 1.38 bits per heavy atom. The smallest absolute Gasteiger partial charge is 0.254 e. The number of hydrogen-bond donors (Lipinski definition) is 3. The molecule has 2 rings (SSSR count). The van der Waals surface area contributed by atoms with Crippen LogP contribution in [0.1, 0.15) is 21.9 Å². The number of sulfonamides is 1. The summed E-state index contributed by atoms with van der Waals surface area (Å²) in [5.74, 6) is -1.22. The van der Waals surface area contributed by atoms with Crippen molar-refractivity contribution in [2.45, 2.75) is 18.2 Å². The topological polar surface area (TPSA) is 135 Å². The Morgan fingerprint density at radius 3 is 2.71 bits per heavy atom. The van der Waals surface area contributed by atoms with Crippen LogP contribution in [0.3, 0.4) is 0 Å². The number of nitrogens with one attached hydrogen (secondary N) is 2. The highest BCUT2D eigenvalue weighted by Gasteiger charge is 2.16. The van der Waals surface area contributed by atoms with Gasteiger partial charge in [0.2, 0.25) is 10.0 Å². The van der Waals surface area contributed by atoms with E-state index in [1.54, 1.807) is 6.92 Å². The summed E-state index contributed by atoms with van der Waals surface area (Å²) in [5, 5.41) is 7.40. The number of carbonyl (C=O) groups excluding carboxylic acids is 1. The van der Waals surface area contributed by atoms with Gasteiger partial charge in [-0.3, -0.25) is 9.59 Å². The first-order valence-electron chi connectivity index (χ1n) is 6.84. The minimum atomic E-state index is -4.04. The van der Waals surface area contributed by atoms with Gasteiger partial charge in [-0.25, -0.2) is 22.9 Å². The number of rotatable bonds is 5. The predicted molar refractivity (Wildman–Crippen MR) is 83.4 cm³/mol. The van der Waals surface area contributed by atoms with Crippen LogP contribution in [0, 0.1) is 12.7 Å². The van der Waals surface area contributed by atoms with Gasteiger partial charge in [0.05, 0.1) is 10.5 Å². The third-order valence-electron chi connectivity index (χ3n) is 3.09. The molecule has 0 bridgehead atoms. The summed E-state index contributed by atoms with van der Waals surface area (Å²) in [5.41, 5.74) is -0.275. The number of nitrogens with two attached hydrogens (primary N) is 1. The van der Waals surface area contributed by atoms with Gasteiger partial charge in [-0.05, 0) is 25.1 Å². The zero-order valence-electron chi connectivity index (χ0n) is 12.7. The van der Waals surface area contributed by atoms with Crippen LogP contribution < -0.4 is 16.0 Å². The Hall–Kier alpha value is -2.59. The van der Waals surface area contributed by atoms with Gasteiger partial charge < -0.3 is 10.3 Å². The monoisotopic (exact) mass is 354 g/mol. The summed E-state index contributed by atoms with van der Waals surface area (Å²) in [7, 11) is -4.04. The zero-order valence-corrected chi connectivity index (χ0v) is 13.5. The van der Waals surface area contributed by atoms with Gasteiger partial charge in [0.1, 0.15) is 11.6 Å². The number of carbonyl (C=O) groups is 1. The normalized spacial score (nSPS) is 11.3. The number of aromatic amines is 1. The van der Waals surface area contributed by atoms with Crippen LogP contribution >= 0.6 is 0 Å². The molecule has 0 fully saturated rings. The van der Waals surface area contributed by atoms with Gasteiger partial charge in [0.25, 0.3) is 11.5 Å². The van der Waals surface area contributed by atoms with Crippen LogP contribution in [0.2, 0.25) is 0 Å². The van der Waals surface area contributed by atoms with Gasteiger partial charge in [-0.15, -0.1) is 0 Å². The molecule has 1 aromatic carbocycles. The van der Waals surface area contributed by atoms with E-state index in [2.05, 4.69) is 15.3 Å². The molecular weight excluding hydrogens is 339 g/mol. The number of nitrogens with zero attached hydrogens (tertiary/aromatic N) is 1. The fourth-order valence-corrected chi connectivity index (χ4v) is 2.56. The molecule has 1 amide bonds. The molecule has 0 spiro atoms. The quantitative estimate of drug-likeness (QED) is 0.685. The van der Waals surface area contributed by atoms with Crippen molar-refractivity contribution in [2.24, 2.45) is 5.14 Å². The molecule has 24 heavy (non-hydrogen) atoms. The Kier molecular flexibility index (Phi) is 5.10. The Balaban J connectivity index is 2.09. The molecule has 0 unspecified atom stereocenters. The molecule has 0 saturated carbocycles. The number of halogens is 1. The number of aromatic nitrogens is 2. The lowest BCUT2D eigenvalue weighted by atomic mass is 10.2. The maximum Gasteiger partial charge on any atom is 0.254 e. The summed E-state index contributed by atoms with van der Waals surface area (Å²) in [6.45, 7) is 1.71. The average molecular weight is 354 g/mol. The zero-order chi connectivity index (χ0) is 17.9. The lowest BCUT2D eigenvalue weighted by molar-refractivity contribution is 0.0950. The van der Waals surface area contributed by atoms with Crippen LogP contribution in [0.15, 0.2) is 34.0 Å². The van der Waals surface area contributed by atoms with Gasteiger partial charge in [0, 0.05) is 24.7 Å². The molecule has 2 aromatic rings. The largest absolute Gasteiger partial charge is 0.352 e. The van der Waals surface area contributed by atoms with Crippen molar-refractivity contribution in [1.82, 2.24) is 15.3 Å². The maximum atomic E-state index is 13.7. The highest BCUT2D eigenvalue weighted by Crippen LogP contribution is 2.14. The molecule has 128 valence electrons. The van der Waals surface area contributed by atoms with Gasteiger partial charge >= 0.3 is 0 Å². The van der Waals surface area contributed by atoms with Crippen LogP contribution in [0.4, 0.5) is 4.39 Å². The molecule has 4 N–H and O–H groups in total. The van der Waals surface area contributed by atoms with Crippen molar-refractivity contribution in [3.05, 3.63) is 57.5 Å². The van der Waals surface area contributed by atoms with Crippen LogP contribution in [-0.4, -0.2) is 30.8 Å². The molecule has 0 aliphatic carbocycles. The molecular formula is C14H15FN4O4S. The minimum Gasteiger partial charge on any atom is -0.352 e. The van der Waals surface area contributed by atoms with E-state index in [0.29, 0.717) is 11.5 Å². The molecule has 1 heterocycles. The highest BCUT2D eigenvalue weighted by atomic mass is 32.2. The highest BCUT2D eigenvalue weighted by molar-refractivity contribution is 7.89. The van der Waals surface area contributed by atoms with E-state index in [-0.39, 0.29) is 23.4 Å². The van der Waals surface area contributed by atoms with Crippen molar-refractivity contribution in [2.75, 3.05) is 6.54 Å². The molecule has 8 nitrogen and oxygen atoms in total. The van der Waals surface area contributed by atoms with E-state index in [1.165, 1.54) is 6.07 Å². The third kappa shape index (κ3) is 4.46. The summed E-state index contributed by atoms with van der Waals surface area (Å²) < 4.78 is 36.2. The summed E-state index contributed by atoms with van der Waals surface area (Å²) in [6, 6.07) is 4.00. The summed E-state index contributed by atoms with van der Waals surface area (Å²) in [4.78, 5) is 29.5. The van der Waals surface area contributed by atoms with Crippen LogP contribution in [0.5, 0.6) is 0 Å². The second-order valence-corrected chi connectivity index (χ2v) is 6.58. The number of hydrogen-bond acceptors (Lipinski definition) is 5. The predicted octanol–water partition coefficient (Wildman–Crippen LogP) is -0.163. The molecule has 0 radical (unpaired) electrons. The number of benzene rings is 1. The standard InChI is InChI=1S/C14H15FN4O4S/c1-8-18-9(6-13(20)19-8)4-5-17-14(21)11-7-10(24(16,22)23)2-3-12(11)15/h2-3,6-7H,4-5H2,1H3,(H,17,21)(H2,16,22,23)(H,18,19,20). The van der Waals surface area contributed by atoms with Crippen molar-refractivity contribution in [1.29, 1.82) is 0 Å². The van der Waals surface area contributed by atoms with Crippen molar-refractivity contribution < 1.29 is 17.6 Å². The van der Waals surface area contributed by atoms with E-state index in [4.69, 9.17) is 5.14 Å². The lowest BCUT2D eigenvalue weighted by Gasteiger charge is -2.07. The van der Waals surface area contributed by atoms with Gasteiger partial charge in [-0.1, -0.05) is 0 Å². The molecule has 0 aliphatic heterocycles. The fourth-order valence-electron chi connectivity index (χ4n) is 2.02. The Labute approximate surface area is 137 Å². The lowest BCUT2D eigenvalue weighted by Crippen LogP contribution is -2.27. The first-order chi connectivity index (χ1) is 11.2. The maximum absolute atomic E-state index is 13.7. The van der Waals surface area contributed by atoms with E-state index in [1.807, 2.05) is 0 Å². The molecule has 0 atom stereocenters. The summed E-state index contributed by atoms with van der Waals surface area (Å²) in [6.07, 6.45) is 0.257. The second-order valence-electron chi connectivity index (χ2n) is 5.01. The first-order valence-corrected chi connectivity index (χ1v) is 8.39. The van der Waals surface area contributed by atoms with Crippen LogP contribution in [-0.2, 0) is 16.4 Å². The SMILES string of the molecule is Cc1nc(CCNC(=O)c2cc(S(N)(=O)=O)ccc2F)cc(=O)[nH]1. The molecule has 10 heteroatoms. The van der Waals surface area contributed by atoms with Crippen molar-refractivity contribution in [3.63, 3.8) is 0 Å². The number of amides is 1. The van der Waals surface area contributed by atoms with E-state index >= 15 is 0 Å². The molecule has 1 aromatic heterocycles. The van der Waals surface area contributed by atoms with E-state index in [9.17, 15) is 22.4 Å². The molecule has 0 aliphatic rings. The fraction of sp³-hybridized carbons (Fsp3) is 0.214. The first kappa shape index (κ1) is 17.8. The second kappa shape index (κ2) is 6.89. The Bertz CT molecular complexity index is 940. The molecule has 0 saturated heterocycles. The number of H-pyrrole nitrogens is 1.